The molecule has 0 saturated heterocycles. The highest BCUT2D eigenvalue weighted by Crippen LogP contribution is 2.35. The van der Waals surface area contributed by atoms with Crippen LogP contribution in [0.4, 0.5) is 5.82 Å². The van der Waals surface area contributed by atoms with Crippen molar-refractivity contribution in [1.82, 2.24) is 9.97 Å². The molecule has 1 aliphatic rings. The molecule has 98 valence electrons. The third-order valence-corrected chi connectivity index (χ3v) is 4.49. The highest BCUT2D eigenvalue weighted by Gasteiger charge is 2.20. The van der Waals surface area contributed by atoms with Gasteiger partial charge in [-0.05, 0) is 25.0 Å². The quantitative estimate of drug-likeness (QED) is 0.906. The second kappa shape index (κ2) is 4.85. The van der Waals surface area contributed by atoms with Crippen LogP contribution in [0.2, 0.25) is 0 Å². The Morgan fingerprint density at radius 2 is 1.84 bits per heavy atom. The Labute approximate surface area is 117 Å². The van der Waals surface area contributed by atoms with Crippen LogP contribution in [0.1, 0.15) is 22.4 Å². The van der Waals surface area contributed by atoms with Gasteiger partial charge in [-0.25, -0.2) is 9.97 Å². The number of fused-ring (bicyclic) bond motifs is 1. The van der Waals surface area contributed by atoms with Gasteiger partial charge < -0.3 is 5.32 Å². The summed E-state index contributed by atoms with van der Waals surface area (Å²) in [5.41, 5.74) is 6.07. The average Bonchev–Trinajstić information content (AvgIpc) is 2.85. The van der Waals surface area contributed by atoms with Gasteiger partial charge in [0.15, 0.2) is 5.82 Å². The molecule has 1 N–H and O–H groups in total. The number of nitrogens with zero attached hydrogens (tertiary/aromatic N) is 2. The van der Waals surface area contributed by atoms with Gasteiger partial charge in [0, 0.05) is 29.7 Å². The summed E-state index contributed by atoms with van der Waals surface area (Å²) in [5, 5.41) is 3.21. The molecular formula is C15H17N3S. The molecule has 0 amide bonds. The van der Waals surface area contributed by atoms with Crippen molar-refractivity contribution >= 4 is 17.6 Å². The van der Waals surface area contributed by atoms with Crippen molar-refractivity contribution in [3.05, 3.63) is 40.6 Å². The Balaban J connectivity index is 2.21. The molecule has 0 fully saturated rings. The fourth-order valence-electron chi connectivity index (χ4n) is 2.54. The highest BCUT2D eigenvalue weighted by molar-refractivity contribution is 7.98. The number of hydrogen-bond acceptors (Lipinski definition) is 4. The first-order valence-corrected chi connectivity index (χ1v) is 7.58. The Bertz CT molecular complexity index is 617. The van der Waals surface area contributed by atoms with E-state index in [0.717, 1.165) is 23.1 Å². The largest absolute Gasteiger partial charge is 0.373 e. The lowest BCUT2D eigenvalue weighted by Crippen LogP contribution is -2.04. The number of benzene rings is 1. The Morgan fingerprint density at radius 3 is 2.53 bits per heavy atom. The van der Waals surface area contributed by atoms with Crippen LogP contribution in [0.3, 0.4) is 0 Å². The van der Waals surface area contributed by atoms with E-state index >= 15 is 0 Å². The number of aryl methyl sites for hydroxylation is 2. The van der Waals surface area contributed by atoms with Gasteiger partial charge in [0.2, 0.25) is 0 Å². The van der Waals surface area contributed by atoms with E-state index in [1.165, 1.54) is 27.9 Å². The monoisotopic (exact) mass is 271 g/mol. The maximum Gasteiger partial charge on any atom is 0.162 e. The van der Waals surface area contributed by atoms with Crippen molar-refractivity contribution in [1.29, 1.82) is 0 Å². The second-order valence-corrected chi connectivity index (χ2v) is 5.82. The maximum atomic E-state index is 4.78. The number of aromatic nitrogens is 2. The summed E-state index contributed by atoms with van der Waals surface area (Å²) in [6.07, 6.45) is 0. The van der Waals surface area contributed by atoms with Crippen molar-refractivity contribution < 1.29 is 0 Å². The minimum atomic E-state index is 0.848. The normalized spacial score (nSPS) is 13.4. The van der Waals surface area contributed by atoms with Gasteiger partial charge in [-0.1, -0.05) is 18.2 Å². The minimum Gasteiger partial charge on any atom is -0.373 e. The maximum absolute atomic E-state index is 4.78. The van der Waals surface area contributed by atoms with Gasteiger partial charge in [-0.3, -0.25) is 0 Å². The van der Waals surface area contributed by atoms with Crippen molar-refractivity contribution in [3.8, 4) is 11.4 Å². The van der Waals surface area contributed by atoms with Gasteiger partial charge in [0.25, 0.3) is 0 Å². The highest BCUT2D eigenvalue weighted by atomic mass is 32.2. The summed E-state index contributed by atoms with van der Waals surface area (Å²) in [6, 6.07) is 6.32. The molecule has 19 heavy (non-hydrogen) atoms. The van der Waals surface area contributed by atoms with E-state index in [1.54, 1.807) is 0 Å². The Hall–Kier alpha value is -1.55. The summed E-state index contributed by atoms with van der Waals surface area (Å²) >= 11 is 1.90. The number of nitrogens with one attached hydrogen (secondary N) is 1. The van der Waals surface area contributed by atoms with E-state index in [2.05, 4.69) is 37.4 Å². The molecule has 3 nitrogen and oxygen atoms in total. The molecule has 0 aliphatic carbocycles. The zero-order valence-corrected chi connectivity index (χ0v) is 12.3. The van der Waals surface area contributed by atoms with Gasteiger partial charge in [-0.2, -0.15) is 11.8 Å². The lowest BCUT2D eigenvalue weighted by Gasteiger charge is -2.12. The van der Waals surface area contributed by atoms with E-state index in [1.807, 2.05) is 18.8 Å². The van der Waals surface area contributed by atoms with Gasteiger partial charge in [-0.15, -0.1) is 0 Å². The first kappa shape index (κ1) is 12.5. The molecule has 1 aromatic heterocycles. The van der Waals surface area contributed by atoms with Gasteiger partial charge in [0.05, 0.1) is 5.69 Å². The van der Waals surface area contributed by atoms with Crippen molar-refractivity contribution in [2.45, 2.75) is 25.4 Å². The standard InChI is InChI=1S/C15H17N3S/c1-9-5-4-6-10(2)13(9)15-17-12-8-19-7-11(12)14(16-3)18-15/h4-6H,7-8H2,1-3H3,(H,16,17,18). The van der Waals surface area contributed by atoms with Crippen LogP contribution in [-0.2, 0) is 11.5 Å². The third kappa shape index (κ3) is 2.10. The third-order valence-electron chi connectivity index (χ3n) is 3.52. The Kier molecular flexibility index (Phi) is 3.19. The van der Waals surface area contributed by atoms with Crippen LogP contribution in [0.5, 0.6) is 0 Å². The van der Waals surface area contributed by atoms with Crippen molar-refractivity contribution in [2.75, 3.05) is 12.4 Å². The van der Waals surface area contributed by atoms with Crippen molar-refractivity contribution in [3.63, 3.8) is 0 Å². The van der Waals surface area contributed by atoms with Crippen LogP contribution in [-0.4, -0.2) is 17.0 Å². The van der Waals surface area contributed by atoms with Crippen LogP contribution >= 0.6 is 11.8 Å². The summed E-state index contributed by atoms with van der Waals surface area (Å²) in [7, 11) is 1.93. The molecule has 2 aromatic rings. The van der Waals surface area contributed by atoms with Crippen LogP contribution < -0.4 is 5.32 Å². The van der Waals surface area contributed by atoms with Crippen LogP contribution in [0.25, 0.3) is 11.4 Å². The molecule has 0 bridgehead atoms. The molecule has 1 aliphatic heterocycles. The molecule has 0 atom stereocenters. The first-order chi connectivity index (χ1) is 9.20. The zero-order valence-electron chi connectivity index (χ0n) is 11.4. The molecule has 0 spiro atoms. The number of anilines is 1. The fourth-order valence-corrected chi connectivity index (χ4v) is 3.58. The van der Waals surface area contributed by atoms with Crippen molar-refractivity contribution in [2.24, 2.45) is 0 Å². The minimum absolute atomic E-state index is 0.848. The van der Waals surface area contributed by atoms with E-state index in [9.17, 15) is 0 Å². The number of hydrogen-bond donors (Lipinski definition) is 1. The SMILES string of the molecule is CNc1nc(-c2c(C)cccc2C)nc2c1CSC2. The number of thioether (sulfide) groups is 1. The Morgan fingerprint density at radius 1 is 1.11 bits per heavy atom. The summed E-state index contributed by atoms with van der Waals surface area (Å²) < 4.78 is 0. The van der Waals surface area contributed by atoms with E-state index in [0.29, 0.717) is 0 Å². The van der Waals surface area contributed by atoms with E-state index in [-0.39, 0.29) is 0 Å². The molecular weight excluding hydrogens is 254 g/mol. The second-order valence-electron chi connectivity index (χ2n) is 4.83. The molecule has 0 radical (unpaired) electrons. The molecule has 3 rings (SSSR count). The predicted octanol–water partition coefficient (Wildman–Crippen LogP) is 3.55. The predicted molar refractivity (Wildman–Crippen MR) is 81.5 cm³/mol. The average molecular weight is 271 g/mol. The van der Waals surface area contributed by atoms with Gasteiger partial charge in [0.1, 0.15) is 5.82 Å². The topological polar surface area (TPSA) is 37.8 Å². The fraction of sp³-hybridized carbons (Fsp3) is 0.333. The first-order valence-electron chi connectivity index (χ1n) is 6.42. The number of rotatable bonds is 2. The molecule has 0 unspecified atom stereocenters. The molecule has 2 heterocycles. The lowest BCUT2D eigenvalue weighted by atomic mass is 10.0. The molecule has 4 heteroatoms. The summed E-state index contributed by atoms with van der Waals surface area (Å²) in [5.74, 6) is 3.83. The lowest BCUT2D eigenvalue weighted by molar-refractivity contribution is 1.06. The molecule has 1 aromatic carbocycles. The smallest absolute Gasteiger partial charge is 0.162 e. The summed E-state index contributed by atoms with van der Waals surface area (Å²) in [4.78, 5) is 9.50. The van der Waals surface area contributed by atoms with E-state index < -0.39 is 0 Å². The molecule has 0 saturated carbocycles. The van der Waals surface area contributed by atoms with Crippen LogP contribution in [0.15, 0.2) is 18.2 Å². The summed E-state index contributed by atoms with van der Waals surface area (Å²) in [6.45, 7) is 4.24. The zero-order chi connectivity index (χ0) is 13.4. The van der Waals surface area contributed by atoms with Gasteiger partial charge >= 0.3 is 0 Å². The van der Waals surface area contributed by atoms with E-state index in [4.69, 9.17) is 9.97 Å². The van der Waals surface area contributed by atoms with Crippen LogP contribution in [0, 0.1) is 13.8 Å².